The first-order valence-corrected chi connectivity index (χ1v) is 5.51. The molecular formula is C13H16N2. The lowest BCUT2D eigenvalue weighted by Gasteiger charge is -2.16. The minimum absolute atomic E-state index is 0.762. The van der Waals surface area contributed by atoms with E-state index in [9.17, 15) is 0 Å². The molecule has 0 saturated carbocycles. The van der Waals surface area contributed by atoms with Crippen LogP contribution in [0.4, 0.5) is 0 Å². The van der Waals surface area contributed by atoms with Crippen molar-refractivity contribution in [3.05, 3.63) is 34.9 Å². The minimum Gasteiger partial charge on any atom is -0.299 e. The first kappa shape index (κ1) is 10.2. The molecule has 0 atom stereocenters. The van der Waals surface area contributed by atoms with Gasteiger partial charge in [-0.15, -0.1) is 0 Å². The van der Waals surface area contributed by atoms with Crippen molar-refractivity contribution in [2.45, 2.75) is 26.3 Å². The highest BCUT2D eigenvalue weighted by atomic mass is 15.1. The summed E-state index contributed by atoms with van der Waals surface area (Å²) in [6.45, 7) is 5.57. The van der Waals surface area contributed by atoms with Crippen molar-refractivity contribution in [1.29, 1.82) is 5.26 Å². The predicted octanol–water partition coefficient (Wildman–Crippen LogP) is 2.46. The fourth-order valence-electron chi connectivity index (χ4n) is 2.12. The van der Waals surface area contributed by atoms with Gasteiger partial charge in [-0.25, -0.2) is 0 Å². The number of aryl methyl sites for hydroxylation is 1. The third kappa shape index (κ3) is 2.37. The van der Waals surface area contributed by atoms with Crippen LogP contribution in [0.1, 0.15) is 29.5 Å². The molecule has 2 heteroatoms. The van der Waals surface area contributed by atoms with Crippen molar-refractivity contribution in [2.24, 2.45) is 0 Å². The van der Waals surface area contributed by atoms with Crippen molar-refractivity contribution >= 4 is 0 Å². The molecule has 0 radical (unpaired) electrons. The van der Waals surface area contributed by atoms with Crippen LogP contribution in [0, 0.1) is 18.3 Å². The molecular weight excluding hydrogens is 184 g/mol. The summed E-state index contributed by atoms with van der Waals surface area (Å²) in [6, 6.07) is 8.16. The Hall–Kier alpha value is -1.33. The van der Waals surface area contributed by atoms with Crippen LogP contribution in [0.5, 0.6) is 0 Å². The highest BCUT2D eigenvalue weighted by molar-refractivity contribution is 5.37. The summed E-state index contributed by atoms with van der Waals surface area (Å²) in [5.41, 5.74) is 3.36. The van der Waals surface area contributed by atoms with Crippen molar-refractivity contribution < 1.29 is 0 Å². The van der Waals surface area contributed by atoms with E-state index in [4.69, 9.17) is 5.26 Å². The maximum Gasteiger partial charge on any atom is 0.0991 e. The number of nitrogens with zero attached hydrogens (tertiary/aromatic N) is 2. The highest BCUT2D eigenvalue weighted by Crippen LogP contribution is 2.16. The molecule has 1 aromatic rings. The average Bonchev–Trinajstić information content (AvgIpc) is 2.74. The SMILES string of the molecule is Cc1cc(C#N)ccc1CN1CCCC1. The molecule has 2 nitrogen and oxygen atoms in total. The second kappa shape index (κ2) is 4.46. The largest absolute Gasteiger partial charge is 0.299 e. The van der Waals surface area contributed by atoms with E-state index < -0.39 is 0 Å². The molecule has 1 heterocycles. The molecule has 0 bridgehead atoms. The van der Waals surface area contributed by atoms with Gasteiger partial charge in [0.15, 0.2) is 0 Å². The summed E-state index contributed by atoms with van der Waals surface area (Å²) in [5, 5.41) is 8.78. The van der Waals surface area contributed by atoms with E-state index in [2.05, 4.69) is 24.0 Å². The van der Waals surface area contributed by atoms with E-state index >= 15 is 0 Å². The van der Waals surface area contributed by atoms with Crippen LogP contribution in [0.2, 0.25) is 0 Å². The van der Waals surface area contributed by atoms with E-state index in [0.29, 0.717) is 0 Å². The van der Waals surface area contributed by atoms with Gasteiger partial charge in [0.05, 0.1) is 11.6 Å². The molecule has 0 aliphatic carbocycles. The van der Waals surface area contributed by atoms with Gasteiger partial charge in [0.1, 0.15) is 0 Å². The van der Waals surface area contributed by atoms with Gasteiger partial charge in [-0.2, -0.15) is 5.26 Å². The standard InChI is InChI=1S/C13H16N2/c1-11-8-12(9-14)4-5-13(11)10-15-6-2-3-7-15/h4-5,8H,2-3,6-7,10H2,1H3. The smallest absolute Gasteiger partial charge is 0.0991 e. The van der Waals surface area contributed by atoms with Crippen molar-refractivity contribution in [3.63, 3.8) is 0 Å². The van der Waals surface area contributed by atoms with Crippen LogP contribution in [0.25, 0.3) is 0 Å². The maximum absolute atomic E-state index is 8.78. The lowest BCUT2D eigenvalue weighted by molar-refractivity contribution is 0.331. The number of hydrogen-bond acceptors (Lipinski definition) is 2. The van der Waals surface area contributed by atoms with Crippen LogP contribution < -0.4 is 0 Å². The van der Waals surface area contributed by atoms with Gasteiger partial charge in [-0.1, -0.05) is 6.07 Å². The molecule has 15 heavy (non-hydrogen) atoms. The summed E-state index contributed by atoms with van der Waals surface area (Å²) in [4.78, 5) is 2.48. The van der Waals surface area contributed by atoms with Gasteiger partial charge >= 0.3 is 0 Å². The number of likely N-dealkylation sites (tertiary alicyclic amines) is 1. The second-order valence-corrected chi connectivity index (χ2v) is 4.24. The zero-order chi connectivity index (χ0) is 10.7. The monoisotopic (exact) mass is 200 g/mol. The third-order valence-corrected chi connectivity index (χ3v) is 3.06. The Kier molecular flexibility index (Phi) is 3.03. The third-order valence-electron chi connectivity index (χ3n) is 3.06. The summed E-state index contributed by atoms with van der Waals surface area (Å²) in [7, 11) is 0. The van der Waals surface area contributed by atoms with Crippen LogP contribution in [-0.2, 0) is 6.54 Å². The topological polar surface area (TPSA) is 27.0 Å². The minimum atomic E-state index is 0.762. The number of nitriles is 1. The summed E-state index contributed by atoms with van der Waals surface area (Å²) < 4.78 is 0. The molecule has 0 unspecified atom stereocenters. The van der Waals surface area contributed by atoms with Crippen LogP contribution >= 0.6 is 0 Å². The first-order chi connectivity index (χ1) is 7.29. The normalized spacial score (nSPS) is 16.5. The second-order valence-electron chi connectivity index (χ2n) is 4.24. The van der Waals surface area contributed by atoms with Crippen LogP contribution in [0.3, 0.4) is 0 Å². The molecule has 0 aromatic heterocycles. The molecule has 78 valence electrons. The lowest BCUT2D eigenvalue weighted by atomic mass is 10.1. The average molecular weight is 200 g/mol. The van der Waals surface area contributed by atoms with Crippen molar-refractivity contribution in [3.8, 4) is 6.07 Å². The van der Waals surface area contributed by atoms with Crippen LogP contribution in [0.15, 0.2) is 18.2 Å². The Balaban J connectivity index is 2.11. The zero-order valence-electron chi connectivity index (χ0n) is 9.16. The lowest BCUT2D eigenvalue weighted by Crippen LogP contribution is -2.18. The Morgan fingerprint density at radius 2 is 2.07 bits per heavy atom. The summed E-state index contributed by atoms with van der Waals surface area (Å²) in [6.07, 6.45) is 2.66. The van der Waals surface area contributed by atoms with Crippen molar-refractivity contribution in [1.82, 2.24) is 4.90 Å². The quantitative estimate of drug-likeness (QED) is 0.733. The van der Waals surface area contributed by atoms with Crippen LogP contribution in [-0.4, -0.2) is 18.0 Å². The summed E-state index contributed by atoms with van der Waals surface area (Å²) >= 11 is 0. The van der Waals surface area contributed by atoms with E-state index in [1.807, 2.05) is 12.1 Å². The molecule has 1 fully saturated rings. The van der Waals surface area contributed by atoms with Gasteiger partial charge < -0.3 is 0 Å². The van der Waals surface area contributed by atoms with Crippen molar-refractivity contribution in [2.75, 3.05) is 13.1 Å². The predicted molar refractivity (Wildman–Crippen MR) is 60.4 cm³/mol. The molecule has 0 amide bonds. The first-order valence-electron chi connectivity index (χ1n) is 5.51. The van der Waals surface area contributed by atoms with E-state index in [1.54, 1.807) is 0 Å². The Morgan fingerprint density at radius 1 is 1.33 bits per heavy atom. The van der Waals surface area contributed by atoms with Gasteiger partial charge in [-0.05, 0) is 56.1 Å². The summed E-state index contributed by atoms with van der Waals surface area (Å²) in [5.74, 6) is 0. The van der Waals surface area contributed by atoms with E-state index in [1.165, 1.54) is 37.1 Å². The fraction of sp³-hybridized carbons (Fsp3) is 0.462. The molecule has 1 aromatic carbocycles. The highest BCUT2D eigenvalue weighted by Gasteiger charge is 2.12. The molecule has 0 N–H and O–H groups in total. The molecule has 1 saturated heterocycles. The molecule has 1 aliphatic rings. The zero-order valence-corrected chi connectivity index (χ0v) is 9.16. The van der Waals surface area contributed by atoms with E-state index in [-0.39, 0.29) is 0 Å². The van der Waals surface area contributed by atoms with Gasteiger partial charge in [0, 0.05) is 6.54 Å². The number of rotatable bonds is 2. The Bertz CT molecular complexity index is 384. The van der Waals surface area contributed by atoms with Gasteiger partial charge in [0.25, 0.3) is 0 Å². The fourth-order valence-corrected chi connectivity index (χ4v) is 2.12. The number of benzene rings is 1. The number of hydrogen-bond donors (Lipinski definition) is 0. The molecule has 2 rings (SSSR count). The Labute approximate surface area is 91.1 Å². The Morgan fingerprint density at radius 3 is 2.67 bits per heavy atom. The maximum atomic E-state index is 8.78. The molecule has 1 aliphatic heterocycles. The van der Waals surface area contributed by atoms with E-state index in [0.717, 1.165) is 12.1 Å². The van der Waals surface area contributed by atoms with Gasteiger partial charge in [0.2, 0.25) is 0 Å². The van der Waals surface area contributed by atoms with Gasteiger partial charge in [-0.3, -0.25) is 4.90 Å². The molecule has 0 spiro atoms.